The number of pyridine rings is 1. The zero-order chi connectivity index (χ0) is 22.3. The van der Waals surface area contributed by atoms with E-state index in [0.717, 1.165) is 22.3 Å². The lowest BCUT2D eigenvalue weighted by Crippen LogP contribution is -2.21. The quantitative estimate of drug-likeness (QED) is 0.391. The average Bonchev–Trinajstić information content (AvgIpc) is 3.16. The maximum absolute atomic E-state index is 12.3. The first-order valence-electron chi connectivity index (χ1n) is 9.70. The predicted molar refractivity (Wildman–Crippen MR) is 122 cm³/mol. The van der Waals surface area contributed by atoms with Gasteiger partial charge in [0.15, 0.2) is 0 Å². The Kier molecular flexibility index (Phi) is 7.32. The molecule has 2 heterocycles. The van der Waals surface area contributed by atoms with Crippen molar-refractivity contribution in [1.82, 2.24) is 20.1 Å². The molecule has 0 spiro atoms. The van der Waals surface area contributed by atoms with Crippen LogP contribution in [0.25, 0.3) is 17.2 Å². The number of benzene rings is 1. The summed E-state index contributed by atoms with van der Waals surface area (Å²) in [5.41, 5.74) is 4.39. The fourth-order valence-corrected chi connectivity index (χ4v) is 3.42. The molecule has 0 saturated heterocycles. The zero-order valence-electron chi connectivity index (χ0n) is 17.4. The van der Waals surface area contributed by atoms with Crippen molar-refractivity contribution in [3.8, 4) is 11.1 Å². The Morgan fingerprint density at radius 3 is 2.61 bits per heavy atom. The molecule has 9 heteroatoms. The zero-order valence-corrected chi connectivity index (χ0v) is 18.3. The molecule has 0 fully saturated rings. The van der Waals surface area contributed by atoms with E-state index < -0.39 is 9.84 Å². The molecule has 0 saturated carbocycles. The Morgan fingerprint density at radius 2 is 1.94 bits per heavy atom. The number of sulfone groups is 1. The van der Waals surface area contributed by atoms with E-state index in [1.54, 1.807) is 29.3 Å². The highest BCUT2D eigenvalue weighted by Crippen LogP contribution is 2.23. The second-order valence-corrected chi connectivity index (χ2v) is 9.45. The van der Waals surface area contributed by atoms with Crippen molar-refractivity contribution in [1.29, 1.82) is 0 Å². The van der Waals surface area contributed by atoms with Crippen LogP contribution in [0.2, 0.25) is 0 Å². The van der Waals surface area contributed by atoms with Gasteiger partial charge in [-0.1, -0.05) is 12.1 Å². The van der Waals surface area contributed by atoms with Crippen molar-refractivity contribution in [3.05, 3.63) is 72.3 Å². The van der Waals surface area contributed by atoms with Gasteiger partial charge in [0.2, 0.25) is 5.91 Å². The van der Waals surface area contributed by atoms with Crippen LogP contribution in [0.3, 0.4) is 0 Å². The van der Waals surface area contributed by atoms with Gasteiger partial charge >= 0.3 is 0 Å². The van der Waals surface area contributed by atoms with Crippen molar-refractivity contribution in [2.45, 2.75) is 6.54 Å². The Labute approximate surface area is 181 Å². The first-order valence-corrected chi connectivity index (χ1v) is 11.8. The van der Waals surface area contributed by atoms with E-state index in [1.165, 1.54) is 12.3 Å². The smallest absolute Gasteiger partial charge is 0.248 e. The highest BCUT2D eigenvalue weighted by molar-refractivity contribution is 7.90. The maximum atomic E-state index is 12.3. The molecule has 0 aliphatic rings. The molecule has 0 aliphatic heterocycles. The topological polar surface area (TPSA) is 106 Å². The van der Waals surface area contributed by atoms with E-state index in [1.807, 2.05) is 43.6 Å². The summed E-state index contributed by atoms with van der Waals surface area (Å²) < 4.78 is 24.0. The molecule has 31 heavy (non-hydrogen) atoms. The van der Waals surface area contributed by atoms with E-state index in [0.29, 0.717) is 18.8 Å². The number of aryl methyl sites for hydroxylation is 1. The molecule has 2 N–H and O–H groups in total. The van der Waals surface area contributed by atoms with Gasteiger partial charge in [0.25, 0.3) is 0 Å². The molecule has 0 bridgehead atoms. The molecule has 0 atom stereocenters. The number of hydrogen-bond donors (Lipinski definition) is 2. The molecule has 2 aromatic heterocycles. The van der Waals surface area contributed by atoms with E-state index >= 15 is 0 Å². The molecule has 8 nitrogen and oxygen atoms in total. The summed E-state index contributed by atoms with van der Waals surface area (Å²) in [6.07, 6.45) is 11.5. The van der Waals surface area contributed by atoms with Gasteiger partial charge in [-0.3, -0.25) is 14.5 Å². The number of rotatable bonds is 9. The Balaban J connectivity index is 1.56. The maximum Gasteiger partial charge on any atom is 0.248 e. The van der Waals surface area contributed by atoms with E-state index in [9.17, 15) is 13.2 Å². The Morgan fingerprint density at radius 1 is 1.16 bits per heavy atom. The normalized spacial score (nSPS) is 11.7. The summed E-state index contributed by atoms with van der Waals surface area (Å²) in [6, 6.07) is 9.27. The summed E-state index contributed by atoms with van der Waals surface area (Å²) in [4.78, 5) is 16.5. The fourth-order valence-electron chi connectivity index (χ4n) is 2.91. The van der Waals surface area contributed by atoms with Crippen molar-refractivity contribution in [2.24, 2.45) is 7.05 Å². The summed E-state index contributed by atoms with van der Waals surface area (Å²) in [6.45, 7) is 0.958. The van der Waals surface area contributed by atoms with Crippen LogP contribution in [0.5, 0.6) is 0 Å². The minimum Gasteiger partial charge on any atom is -0.323 e. The van der Waals surface area contributed by atoms with Gasteiger partial charge in [0, 0.05) is 67.9 Å². The van der Waals surface area contributed by atoms with Crippen LogP contribution < -0.4 is 10.6 Å². The first kappa shape index (κ1) is 22.4. The lowest BCUT2D eigenvalue weighted by molar-refractivity contribution is -0.111. The van der Waals surface area contributed by atoms with Gasteiger partial charge in [0.1, 0.15) is 9.84 Å². The standard InChI is InChI=1S/C22H25N5O3S/c1-27-16-19(15-25-27)21-9-10-23-14-18(21)5-8-22(28)26-20-6-3-17(4-7-20)13-24-11-12-31(2,29)30/h3-10,14-16,24H,11-13H2,1-2H3,(H,26,28). The van der Waals surface area contributed by atoms with E-state index in [2.05, 4.69) is 20.7 Å². The van der Waals surface area contributed by atoms with Crippen molar-refractivity contribution < 1.29 is 13.2 Å². The first-order chi connectivity index (χ1) is 14.8. The Bertz CT molecular complexity index is 1170. The van der Waals surface area contributed by atoms with Gasteiger partial charge in [-0.2, -0.15) is 5.10 Å². The highest BCUT2D eigenvalue weighted by Gasteiger charge is 2.06. The highest BCUT2D eigenvalue weighted by atomic mass is 32.2. The largest absolute Gasteiger partial charge is 0.323 e. The van der Waals surface area contributed by atoms with E-state index in [4.69, 9.17) is 0 Å². The SMILES string of the molecule is Cn1cc(-c2ccncc2C=CC(=O)Nc2ccc(CNCCS(C)(=O)=O)cc2)cn1. The second kappa shape index (κ2) is 10.1. The predicted octanol–water partition coefficient (Wildman–Crippen LogP) is 2.27. The number of carbonyl (C=O) groups is 1. The number of nitrogens with one attached hydrogen (secondary N) is 2. The van der Waals surface area contributed by atoms with Gasteiger partial charge < -0.3 is 10.6 Å². The molecule has 3 aromatic rings. The molecular weight excluding hydrogens is 414 g/mol. The molecule has 1 amide bonds. The van der Waals surface area contributed by atoms with Crippen LogP contribution in [0.15, 0.2) is 61.2 Å². The number of anilines is 1. The number of aromatic nitrogens is 3. The second-order valence-electron chi connectivity index (χ2n) is 7.19. The summed E-state index contributed by atoms with van der Waals surface area (Å²) in [7, 11) is -1.11. The van der Waals surface area contributed by atoms with Crippen LogP contribution in [-0.4, -0.2) is 47.6 Å². The molecule has 162 valence electrons. The van der Waals surface area contributed by atoms with Gasteiger partial charge in [-0.15, -0.1) is 0 Å². The summed E-state index contributed by atoms with van der Waals surface area (Å²) >= 11 is 0. The van der Waals surface area contributed by atoms with Gasteiger partial charge in [-0.25, -0.2) is 8.42 Å². The van der Waals surface area contributed by atoms with Crippen LogP contribution in [-0.2, 0) is 28.2 Å². The fraction of sp³-hybridized carbons (Fsp3) is 0.227. The molecule has 0 aliphatic carbocycles. The molecule has 3 rings (SSSR count). The third-order valence-electron chi connectivity index (χ3n) is 4.48. The molecule has 1 aromatic carbocycles. The third kappa shape index (κ3) is 7.16. The van der Waals surface area contributed by atoms with Crippen LogP contribution in [0.1, 0.15) is 11.1 Å². The van der Waals surface area contributed by atoms with Crippen molar-refractivity contribution >= 4 is 27.5 Å². The lowest BCUT2D eigenvalue weighted by atomic mass is 10.0. The van der Waals surface area contributed by atoms with Crippen molar-refractivity contribution in [2.75, 3.05) is 23.9 Å². The average molecular weight is 440 g/mol. The van der Waals surface area contributed by atoms with Gasteiger partial charge in [-0.05, 0) is 35.4 Å². The monoisotopic (exact) mass is 439 g/mol. The number of carbonyl (C=O) groups excluding carboxylic acids is 1. The summed E-state index contributed by atoms with van der Waals surface area (Å²) in [5, 5.41) is 10.1. The number of hydrogen-bond acceptors (Lipinski definition) is 6. The van der Waals surface area contributed by atoms with Crippen LogP contribution in [0, 0.1) is 0 Å². The van der Waals surface area contributed by atoms with E-state index in [-0.39, 0.29) is 11.7 Å². The number of amides is 1. The molecule has 0 radical (unpaired) electrons. The number of nitrogens with zero attached hydrogens (tertiary/aromatic N) is 3. The Hall–Kier alpha value is -3.30. The third-order valence-corrected chi connectivity index (χ3v) is 5.43. The molecular formula is C22H25N5O3S. The van der Waals surface area contributed by atoms with Crippen molar-refractivity contribution in [3.63, 3.8) is 0 Å². The molecule has 0 unspecified atom stereocenters. The van der Waals surface area contributed by atoms with Crippen LogP contribution in [0.4, 0.5) is 5.69 Å². The lowest BCUT2D eigenvalue weighted by Gasteiger charge is -2.07. The summed E-state index contributed by atoms with van der Waals surface area (Å²) in [5.74, 6) is -0.146. The minimum absolute atomic E-state index is 0.104. The minimum atomic E-state index is -2.97. The van der Waals surface area contributed by atoms with Crippen LogP contribution >= 0.6 is 0 Å². The van der Waals surface area contributed by atoms with Gasteiger partial charge in [0.05, 0.1) is 11.9 Å².